The second-order valence-corrected chi connectivity index (χ2v) is 3.73. The third-order valence-corrected chi connectivity index (χ3v) is 2.15. The summed E-state index contributed by atoms with van der Waals surface area (Å²) < 4.78 is 1.20. The predicted octanol–water partition coefficient (Wildman–Crippen LogP) is -1.12. The van der Waals surface area contributed by atoms with Crippen molar-refractivity contribution in [2.45, 2.75) is 0 Å². The molecular formula is C8H10AsNO2. The molecule has 0 bridgehead atoms. The van der Waals surface area contributed by atoms with Crippen molar-refractivity contribution in [2.24, 2.45) is 0 Å². The van der Waals surface area contributed by atoms with Gasteiger partial charge in [0.05, 0.1) is 0 Å². The third kappa shape index (κ3) is 2.68. The van der Waals surface area contributed by atoms with Gasteiger partial charge in [-0.25, -0.2) is 0 Å². The fourth-order valence-corrected chi connectivity index (χ4v) is 1.17. The number of nitrogens with one attached hydrogen (secondary N) is 1. The summed E-state index contributed by atoms with van der Waals surface area (Å²) in [5, 5.41) is 11.0. The average molecular weight is 227 g/mol. The molecular weight excluding hydrogens is 217 g/mol. The Morgan fingerprint density at radius 2 is 2.00 bits per heavy atom. The van der Waals surface area contributed by atoms with Crippen molar-refractivity contribution >= 4 is 32.8 Å². The summed E-state index contributed by atoms with van der Waals surface area (Å²) in [6.45, 7) is -0.474. The molecule has 1 aromatic rings. The third-order valence-electron chi connectivity index (χ3n) is 1.34. The Morgan fingerprint density at radius 1 is 1.42 bits per heavy atom. The molecule has 0 aromatic heterocycles. The van der Waals surface area contributed by atoms with E-state index in [2.05, 4.69) is 5.32 Å². The number of carbonyl (C=O) groups is 1. The molecule has 12 heavy (non-hydrogen) atoms. The minimum absolute atomic E-state index is 0.385. The molecule has 1 rings (SSSR count). The Balaban J connectivity index is 2.64. The molecule has 0 spiro atoms. The SMILES string of the molecule is O=C(CO)Nc1ccc([AsH2])cc1. The van der Waals surface area contributed by atoms with Gasteiger partial charge >= 0.3 is 78.9 Å². The van der Waals surface area contributed by atoms with Gasteiger partial charge in [-0.2, -0.15) is 0 Å². The molecule has 4 heteroatoms. The number of hydrogen-bond acceptors (Lipinski definition) is 2. The number of benzene rings is 1. The molecule has 0 saturated carbocycles. The van der Waals surface area contributed by atoms with Gasteiger partial charge in [-0.15, -0.1) is 0 Å². The van der Waals surface area contributed by atoms with Crippen LogP contribution in [0.15, 0.2) is 24.3 Å². The topological polar surface area (TPSA) is 49.3 Å². The van der Waals surface area contributed by atoms with E-state index in [-0.39, 0.29) is 5.91 Å². The first-order valence-corrected chi connectivity index (χ1v) is 4.70. The Kier molecular flexibility index (Phi) is 3.32. The van der Waals surface area contributed by atoms with Crippen molar-refractivity contribution in [1.29, 1.82) is 0 Å². The summed E-state index contributed by atoms with van der Waals surface area (Å²) >= 11 is 1.54. The van der Waals surface area contributed by atoms with Crippen LogP contribution < -0.4 is 9.67 Å². The number of aliphatic hydroxyl groups is 1. The second kappa shape index (κ2) is 4.29. The summed E-state index contributed by atoms with van der Waals surface area (Å²) in [6.07, 6.45) is 0. The van der Waals surface area contributed by atoms with Crippen molar-refractivity contribution in [1.82, 2.24) is 0 Å². The monoisotopic (exact) mass is 227 g/mol. The van der Waals surface area contributed by atoms with E-state index in [1.54, 1.807) is 0 Å². The molecule has 64 valence electrons. The maximum atomic E-state index is 10.7. The molecule has 0 saturated heterocycles. The normalized spacial score (nSPS) is 9.50. The first-order valence-electron chi connectivity index (χ1n) is 3.48. The van der Waals surface area contributed by atoms with Crippen molar-refractivity contribution in [3.8, 4) is 0 Å². The molecule has 0 aliphatic heterocycles. The van der Waals surface area contributed by atoms with E-state index in [0.29, 0.717) is 0 Å². The second-order valence-electron chi connectivity index (χ2n) is 2.33. The maximum absolute atomic E-state index is 10.7. The first-order chi connectivity index (χ1) is 5.72. The molecule has 0 fully saturated rings. The van der Waals surface area contributed by atoms with Crippen LogP contribution >= 0.6 is 0 Å². The quantitative estimate of drug-likeness (QED) is 0.628. The standard InChI is InChI=1S/C8H10AsNO2/c9-6-1-3-7(4-2-6)10-8(12)5-11/h1-4,11H,5,9H2,(H,10,12). The van der Waals surface area contributed by atoms with E-state index in [1.165, 1.54) is 21.2 Å². The van der Waals surface area contributed by atoms with E-state index >= 15 is 0 Å². The van der Waals surface area contributed by atoms with Gasteiger partial charge in [0.1, 0.15) is 0 Å². The number of rotatable bonds is 2. The molecule has 0 heterocycles. The summed E-state index contributed by atoms with van der Waals surface area (Å²) in [4.78, 5) is 10.7. The molecule has 0 radical (unpaired) electrons. The summed E-state index contributed by atoms with van der Waals surface area (Å²) in [6, 6.07) is 7.47. The number of carbonyl (C=O) groups excluding carboxylic acids is 1. The van der Waals surface area contributed by atoms with Crippen LogP contribution in [-0.4, -0.2) is 34.5 Å². The van der Waals surface area contributed by atoms with Crippen molar-refractivity contribution < 1.29 is 9.90 Å². The van der Waals surface area contributed by atoms with Gasteiger partial charge in [0, 0.05) is 0 Å². The zero-order valence-electron chi connectivity index (χ0n) is 6.45. The van der Waals surface area contributed by atoms with Crippen LogP contribution in [-0.2, 0) is 4.79 Å². The summed E-state index contributed by atoms with van der Waals surface area (Å²) in [5.74, 6) is -0.385. The predicted molar refractivity (Wildman–Crippen MR) is 50.3 cm³/mol. The van der Waals surface area contributed by atoms with Crippen molar-refractivity contribution in [3.63, 3.8) is 0 Å². The van der Waals surface area contributed by atoms with Gasteiger partial charge in [0.2, 0.25) is 0 Å². The molecule has 1 unspecified atom stereocenters. The molecule has 1 aromatic carbocycles. The van der Waals surface area contributed by atoms with Crippen LogP contribution in [0.1, 0.15) is 0 Å². The van der Waals surface area contributed by atoms with Crippen LogP contribution in [0.25, 0.3) is 0 Å². The Morgan fingerprint density at radius 3 is 2.50 bits per heavy atom. The zero-order chi connectivity index (χ0) is 8.97. The fraction of sp³-hybridized carbons (Fsp3) is 0.125. The van der Waals surface area contributed by atoms with Crippen LogP contribution in [0.2, 0.25) is 0 Å². The summed E-state index contributed by atoms with van der Waals surface area (Å²) in [5.41, 5.74) is 0.718. The Bertz CT molecular complexity index is 271. The van der Waals surface area contributed by atoms with Crippen LogP contribution in [0.4, 0.5) is 5.69 Å². The molecule has 0 aliphatic rings. The van der Waals surface area contributed by atoms with E-state index in [1.807, 2.05) is 24.3 Å². The van der Waals surface area contributed by atoms with E-state index in [0.717, 1.165) is 5.69 Å². The number of aliphatic hydroxyl groups excluding tert-OH is 1. The van der Waals surface area contributed by atoms with E-state index in [9.17, 15) is 4.79 Å². The number of hydrogen-bond donors (Lipinski definition) is 2. The van der Waals surface area contributed by atoms with Crippen molar-refractivity contribution in [3.05, 3.63) is 24.3 Å². The van der Waals surface area contributed by atoms with Gasteiger partial charge in [-0.05, 0) is 0 Å². The van der Waals surface area contributed by atoms with Gasteiger partial charge in [0.15, 0.2) is 0 Å². The molecule has 1 atom stereocenters. The molecule has 3 nitrogen and oxygen atoms in total. The number of anilines is 1. The molecule has 1 amide bonds. The van der Waals surface area contributed by atoms with Gasteiger partial charge in [0.25, 0.3) is 0 Å². The van der Waals surface area contributed by atoms with Crippen molar-refractivity contribution in [2.75, 3.05) is 11.9 Å². The van der Waals surface area contributed by atoms with Crippen LogP contribution in [0, 0.1) is 0 Å². The number of amides is 1. The Labute approximate surface area is 79.3 Å². The van der Waals surface area contributed by atoms with Gasteiger partial charge in [-0.1, -0.05) is 0 Å². The van der Waals surface area contributed by atoms with Gasteiger partial charge in [-0.3, -0.25) is 0 Å². The van der Waals surface area contributed by atoms with E-state index < -0.39 is 6.61 Å². The molecule has 0 aliphatic carbocycles. The first kappa shape index (κ1) is 9.30. The fourth-order valence-electron chi connectivity index (χ4n) is 0.767. The van der Waals surface area contributed by atoms with Crippen LogP contribution in [0.3, 0.4) is 0 Å². The average Bonchev–Trinajstić information content (AvgIpc) is 2.09. The van der Waals surface area contributed by atoms with E-state index in [4.69, 9.17) is 5.11 Å². The minimum atomic E-state index is -0.474. The van der Waals surface area contributed by atoms with Crippen LogP contribution in [0.5, 0.6) is 0 Å². The van der Waals surface area contributed by atoms with Gasteiger partial charge < -0.3 is 0 Å². The Hall–Kier alpha value is -0.792. The zero-order valence-corrected chi connectivity index (χ0v) is 8.87. The molecule has 2 N–H and O–H groups in total. The summed E-state index contributed by atoms with van der Waals surface area (Å²) in [7, 11) is 0.